The van der Waals surface area contributed by atoms with Crippen LogP contribution in [0, 0.1) is 0 Å². The van der Waals surface area contributed by atoms with Crippen LogP contribution in [0.1, 0.15) is 61.3 Å². The molecule has 0 aromatic heterocycles. The van der Waals surface area contributed by atoms with E-state index < -0.39 is 23.1 Å². The SMILES string of the molecule is CCC[C@@H](CO)N(CC(=O)OC(C)(C)C)CC(=O)OC(C)(C)C. The van der Waals surface area contributed by atoms with Gasteiger partial charge in [-0.2, -0.15) is 0 Å². The van der Waals surface area contributed by atoms with E-state index in [4.69, 9.17) is 9.47 Å². The zero-order chi connectivity index (χ0) is 18.3. The molecule has 6 nitrogen and oxygen atoms in total. The summed E-state index contributed by atoms with van der Waals surface area (Å²) in [5, 5.41) is 9.57. The summed E-state index contributed by atoms with van der Waals surface area (Å²) in [6.07, 6.45) is 1.52. The van der Waals surface area contributed by atoms with Crippen molar-refractivity contribution in [1.82, 2.24) is 4.90 Å². The lowest BCUT2D eigenvalue weighted by atomic mass is 10.1. The van der Waals surface area contributed by atoms with Gasteiger partial charge in [0.05, 0.1) is 19.7 Å². The molecular weight excluding hydrogens is 298 g/mol. The van der Waals surface area contributed by atoms with Gasteiger partial charge in [-0.25, -0.2) is 0 Å². The van der Waals surface area contributed by atoms with E-state index in [1.165, 1.54) is 0 Å². The number of hydrogen-bond donors (Lipinski definition) is 1. The molecule has 136 valence electrons. The van der Waals surface area contributed by atoms with Crippen LogP contribution in [0.15, 0.2) is 0 Å². The molecule has 0 aromatic carbocycles. The number of nitrogens with zero attached hydrogens (tertiary/aromatic N) is 1. The van der Waals surface area contributed by atoms with Crippen molar-refractivity contribution < 1.29 is 24.2 Å². The molecule has 0 aliphatic rings. The molecule has 1 atom stereocenters. The number of aliphatic hydroxyl groups is 1. The highest BCUT2D eigenvalue weighted by molar-refractivity contribution is 5.75. The quantitative estimate of drug-likeness (QED) is 0.687. The third kappa shape index (κ3) is 11.1. The summed E-state index contributed by atoms with van der Waals surface area (Å²) in [4.78, 5) is 25.8. The first-order valence-corrected chi connectivity index (χ1v) is 8.16. The summed E-state index contributed by atoms with van der Waals surface area (Å²) in [5.41, 5.74) is -1.18. The minimum absolute atomic E-state index is 0.0538. The van der Waals surface area contributed by atoms with Gasteiger partial charge in [0.15, 0.2) is 0 Å². The summed E-state index contributed by atoms with van der Waals surface area (Å²) in [6.45, 7) is 12.5. The predicted octanol–water partition coefficient (Wildman–Crippen LogP) is 2.13. The second-order valence-corrected chi connectivity index (χ2v) is 7.70. The summed E-state index contributed by atoms with van der Waals surface area (Å²) in [7, 11) is 0. The van der Waals surface area contributed by atoms with Gasteiger partial charge < -0.3 is 14.6 Å². The van der Waals surface area contributed by atoms with Crippen molar-refractivity contribution >= 4 is 11.9 Å². The highest BCUT2D eigenvalue weighted by Gasteiger charge is 2.27. The topological polar surface area (TPSA) is 76.1 Å². The smallest absolute Gasteiger partial charge is 0.320 e. The molecule has 0 spiro atoms. The average Bonchev–Trinajstić information content (AvgIpc) is 2.30. The van der Waals surface area contributed by atoms with Crippen molar-refractivity contribution in [2.45, 2.75) is 78.6 Å². The van der Waals surface area contributed by atoms with Gasteiger partial charge in [0.2, 0.25) is 0 Å². The Hall–Kier alpha value is -1.14. The maximum absolute atomic E-state index is 12.1. The predicted molar refractivity (Wildman–Crippen MR) is 89.0 cm³/mol. The number of aliphatic hydroxyl groups excluding tert-OH is 1. The van der Waals surface area contributed by atoms with Gasteiger partial charge in [-0.1, -0.05) is 13.3 Å². The number of carbonyl (C=O) groups is 2. The minimum atomic E-state index is -0.589. The standard InChI is InChI=1S/C17H33NO5/c1-8-9-13(12-19)18(10-14(20)22-16(2,3)4)11-15(21)23-17(5,6)7/h13,19H,8-12H2,1-7H3/t13-/m0/s1. The van der Waals surface area contributed by atoms with Gasteiger partial charge >= 0.3 is 11.9 Å². The van der Waals surface area contributed by atoms with Gasteiger partial charge in [-0.15, -0.1) is 0 Å². The average molecular weight is 331 g/mol. The zero-order valence-electron chi connectivity index (χ0n) is 15.6. The summed E-state index contributed by atoms with van der Waals surface area (Å²) >= 11 is 0. The number of rotatable bonds is 8. The molecule has 0 fully saturated rings. The van der Waals surface area contributed by atoms with E-state index in [0.717, 1.165) is 6.42 Å². The fourth-order valence-corrected chi connectivity index (χ4v) is 2.12. The third-order valence-corrected chi connectivity index (χ3v) is 2.85. The molecule has 0 radical (unpaired) electrons. The minimum Gasteiger partial charge on any atom is -0.459 e. The molecule has 0 rings (SSSR count). The monoisotopic (exact) mass is 331 g/mol. The molecular formula is C17H33NO5. The molecule has 0 saturated carbocycles. The molecule has 6 heteroatoms. The van der Waals surface area contributed by atoms with Gasteiger partial charge in [0.25, 0.3) is 0 Å². The molecule has 0 bridgehead atoms. The van der Waals surface area contributed by atoms with E-state index in [-0.39, 0.29) is 25.7 Å². The first-order chi connectivity index (χ1) is 10.4. The molecule has 0 aliphatic carbocycles. The van der Waals surface area contributed by atoms with Crippen molar-refractivity contribution in [2.24, 2.45) is 0 Å². The summed E-state index contributed by atoms with van der Waals surface area (Å²) < 4.78 is 10.6. The van der Waals surface area contributed by atoms with E-state index in [0.29, 0.717) is 6.42 Å². The molecule has 0 aliphatic heterocycles. The fourth-order valence-electron chi connectivity index (χ4n) is 2.12. The molecule has 0 heterocycles. The Morgan fingerprint density at radius 2 is 1.35 bits per heavy atom. The number of carbonyl (C=O) groups excluding carboxylic acids is 2. The van der Waals surface area contributed by atoms with Crippen LogP contribution >= 0.6 is 0 Å². The van der Waals surface area contributed by atoms with Crippen LogP contribution < -0.4 is 0 Å². The number of ether oxygens (including phenoxy) is 2. The zero-order valence-corrected chi connectivity index (χ0v) is 15.6. The van der Waals surface area contributed by atoms with Crippen LogP contribution in [0.25, 0.3) is 0 Å². The normalized spacial score (nSPS) is 13.8. The van der Waals surface area contributed by atoms with Crippen molar-refractivity contribution in [3.05, 3.63) is 0 Å². The maximum atomic E-state index is 12.1. The lowest BCUT2D eigenvalue weighted by molar-refractivity contribution is -0.161. The highest BCUT2D eigenvalue weighted by Crippen LogP contribution is 2.13. The lowest BCUT2D eigenvalue weighted by Gasteiger charge is -2.31. The van der Waals surface area contributed by atoms with E-state index in [1.54, 1.807) is 46.4 Å². The van der Waals surface area contributed by atoms with Crippen LogP contribution in [-0.2, 0) is 19.1 Å². The molecule has 0 aromatic rings. The van der Waals surface area contributed by atoms with Crippen LogP contribution in [0.5, 0.6) is 0 Å². The van der Waals surface area contributed by atoms with E-state index >= 15 is 0 Å². The lowest BCUT2D eigenvalue weighted by Crippen LogP contribution is -2.46. The maximum Gasteiger partial charge on any atom is 0.320 e. The Balaban J connectivity index is 4.94. The molecule has 0 unspecified atom stereocenters. The Labute approximate surface area is 140 Å². The third-order valence-electron chi connectivity index (χ3n) is 2.85. The molecule has 0 saturated heterocycles. The molecule has 1 N–H and O–H groups in total. The van der Waals surface area contributed by atoms with Crippen molar-refractivity contribution in [3.63, 3.8) is 0 Å². The Morgan fingerprint density at radius 1 is 0.957 bits per heavy atom. The first-order valence-electron chi connectivity index (χ1n) is 8.16. The Morgan fingerprint density at radius 3 is 1.61 bits per heavy atom. The van der Waals surface area contributed by atoms with Crippen LogP contribution in [0.2, 0.25) is 0 Å². The Kier molecular flexibility index (Phi) is 8.77. The van der Waals surface area contributed by atoms with Crippen LogP contribution in [0.4, 0.5) is 0 Å². The van der Waals surface area contributed by atoms with E-state index in [2.05, 4.69) is 0 Å². The Bertz CT molecular complexity index is 351. The number of esters is 2. The largest absolute Gasteiger partial charge is 0.459 e. The second-order valence-electron chi connectivity index (χ2n) is 7.70. The van der Waals surface area contributed by atoms with Gasteiger partial charge in [-0.05, 0) is 48.0 Å². The van der Waals surface area contributed by atoms with E-state index in [1.807, 2.05) is 6.92 Å². The van der Waals surface area contributed by atoms with Gasteiger partial charge in [-0.3, -0.25) is 14.5 Å². The first kappa shape index (κ1) is 21.9. The summed E-state index contributed by atoms with van der Waals surface area (Å²) in [5.74, 6) is -0.841. The highest BCUT2D eigenvalue weighted by atomic mass is 16.6. The van der Waals surface area contributed by atoms with Crippen molar-refractivity contribution in [2.75, 3.05) is 19.7 Å². The molecule has 23 heavy (non-hydrogen) atoms. The van der Waals surface area contributed by atoms with Gasteiger partial charge in [0.1, 0.15) is 11.2 Å². The van der Waals surface area contributed by atoms with Crippen molar-refractivity contribution in [1.29, 1.82) is 0 Å². The summed E-state index contributed by atoms with van der Waals surface area (Å²) in [6, 6.07) is -0.278. The molecule has 0 amide bonds. The van der Waals surface area contributed by atoms with Crippen LogP contribution in [0.3, 0.4) is 0 Å². The van der Waals surface area contributed by atoms with Gasteiger partial charge in [0, 0.05) is 6.04 Å². The second kappa shape index (κ2) is 9.23. The van der Waals surface area contributed by atoms with Crippen LogP contribution in [-0.4, -0.2) is 58.9 Å². The van der Waals surface area contributed by atoms with E-state index in [9.17, 15) is 14.7 Å². The number of hydrogen-bond acceptors (Lipinski definition) is 6. The van der Waals surface area contributed by atoms with Crippen molar-refractivity contribution in [3.8, 4) is 0 Å². The fraction of sp³-hybridized carbons (Fsp3) is 0.882.